The van der Waals surface area contributed by atoms with Crippen LogP contribution >= 0.6 is 0 Å². The fourth-order valence-electron chi connectivity index (χ4n) is 3.28. The SMILES string of the molecule is CC(C)(C)N1CC(NC2OC2NCC2CCCN2)CC1=O. The lowest BCUT2D eigenvalue weighted by Crippen LogP contribution is -2.44. The van der Waals surface area contributed by atoms with E-state index in [-0.39, 0.29) is 29.9 Å². The molecular weight excluding hydrogens is 268 g/mol. The smallest absolute Gasteiger partial charge is 0.224 e. The third-order valence-electron chi connectivity index (χ3n) is 4.55. The van der Waals surface area contributed by atoms with Gasteiger partial charge in [0.25, 0.3) is 0 Å². The van der Waals surface area contributed by atoms with Gasteiger partial charge in [-0.25, -0.2) is 0 Å². The second-order valence-corrected chi connectivity index (χ2v) is 7.42. The van der Waals surface area contributed by atoms with E-state index in [0.717, 1.165) is 19.6 Å². The highest BCUT2D eigenvalue weighted by Gasteiger charge is 2.44. The maximum Gasteiger partial charge on any atom is 0.224 e. The third-order valence-corrected chi connectivity index (χ3v) is 4.55. The lowest BCUT2D eigenvalue weighted by atomic mass is 10.1. The Balaban J connectivity index is 1.38. The molecule has 6 nitrogen and oxygen atoms in total. The number of amides is 1. The molecule has 0 radical (unpaired) electrons. The number of hydrogen-bond acceptors (Lipinski definition) is 5. The summed E-state index contributed by atoms with van der Waals surface area (Å²) in [6.45, 7) is 9.12. The van der Waals surface area contributed by atoms with E-state index in [1.807, 2.05) is 4.90 Å². The zero-order chi connectivity index (χ0) is 15.0. The minimum absolute atomic E-state index is 0.0594. The van der Waals surface area contributed by atoms with Crippen LogP contribution in [0.1, 0.15) is 40.0 Å². The Bertz CT molecular complexity index is 390. The number of nitrogens with one attached hydrogen (secondary N) is 3. The fourth-order valence-corrected chi connectivity index (χ4v) is 3.28. The van der Waals surface area contributed by atoms with Gasteiger partial charge in [-0.15, -0.1) is 0 Å². The van der Waals surface area contributed by atoms with E-state index >= 15 is 0 Å². The van der Waals surface area contributed by atoms with Gasteiger partial charge in [0, 0.05) is 37.1 Å². The van der Waals surface area contributed by atoms with Crippen molar-refractivity contribution in [2.24, 2.45) is 0 Å². The first-order chi connectivity index (χ1) is 9.93. The molecule has 0 aromatic heterocycles. The Kier molecular flexibility index (Phi) is 4.23. The van der Waals surface area contributed by atoms with Gasteiger partial charge in [-0.1, -0.05) is 0 Å². The van der Waals surface area contributed by atoms with Crippen molar-refractivity contribution in [3.05, 3.63) is 0 Å². The minimum atomic E-state index is -0.0935. The molecule has 0 bridgehead atoms. The first-order valence-corrected chi connectivity index (χ1v) is 8.12. The number of carbonyl (C=O) groups is 1. The molecule has 3 N–H and O–H groups in total. The van der Waals surface area contributed by atoms with Crippen LogP contribution in [0.15, 0.2) is 0 Å². The highest BCUT2D eigenvalue weighted by atomic mass is 16.6. The topological polar surface area (TPSA) is 68.9 Å². The van der Waals surface area contributed by atoms with Crippen molar-refractivity contribution in [3.63, 3.8) is 0 Å². The largest absolute Gasteiger partial charge is 0.337 e. The molecule has 0 aromatic rings. The summed E-state index contributed by atoms with van der Waals surface area (Å²) in [5.74, 6) is 0.236. The number of rotatable bonds is 5. The molecule has 21 heavy (non-hydrogen) atoms. The molecule has 3 heterocycles. The maximum atomic E-state index is 12.0. The minimum Gasteiger partial charge on any atom is -0.337 e. The molecular formula is C15H28N4O2. The summed E-state index contributed by atoms with van der Waals surface area (Å²) >= 11 is 0. The van der Waals surface area contributed by atoms with Crippen molar-refractivity contribution in [2.45, 2.75) is 70.1 Å². The number of likely N-dealkylation sites (tertiary alicyclic amines) is 1. The van der Waals surface area contributed by atoms with Gasteiger partial charge in [0.1, 0.15) is 0 Å². The van der Waals surface area contributed by atoms with E-state index < -0.39 is 0 Å². The van der Waals surface area contributed by atoms with Crippen molar-refractivity contribution in [1.82, 2.24) is 20.9 Å². The Morgan fingerprint density at radius 1 is 1.38 bits per heavy atom. The van der Waals surface area contributed by atoms with Gasteiger partial charge in [-0.2, -0.15) is 0 Å². The van der Waals surface area contributed by atoms with Crippen LogP contribution < -0.4 is 16.0 Å². The van der Waals surface area contributed by atoms with Crippen molar-refractivity contribution in [2.75, 3.05) is 19.6 Å². The summed E-state index contributed by atoms with van der Waals surface area (Å²) in [5, 5.41) is 10.3. The van der Waals surface area contributed by atoms with Gasteiger partial charge < -0.3 is 15.0 Å². The molecule has 3 saturated heterocycles. The molecule has 1 amide bonds. The highest BCUT2D eigenvalue weighted by molar-refractivity contribution is 5.80. The molecule has 3 aliphatic heterocycles. The van der Waals surface area contributed by atoms with Crippen LogP contribution in [0.2, 0.25) is 0 Å². The Labute approximate surface area is 127 Å². The molecule has 120 valence electrons. The van der Waals surface area contributed by atoms with Crippen molar-refractivity contribution < 1.29 is 9.53 Å². The summed E-state index contributed by atoms with van der Waals surface area (Å²) in [6, 6.07) is 0.789. The average molecular weight is 296 g/mol. The van der Waals surface area contributed by atoms with Crippen molar-refractivity contribution in [3.8, 4) is 0 Å². The first kappa shape index (κ1) is 15.2. The summed E-state index contributed by atoms with van der Waals surface area (Å²) in [4.78, 5) is 14.0. The van der Waals surface area contributed by atoms with Crippen LogP contribution in [0.3, 0.4) is 0 Å². The molecule has 3 rings (SSSR count). The predicted molar refractivity (Wildman–Crippen MR) is 80.7 cm³/mol. The monoisotopic (exact) mass is 296 g/mol. The summed E-state index contributed by atoms with van der Waals surface area (Å²) in [7, 11) is 0. The molecule has 4 atom stereocenters. The van der Waals surface area contributed by atoms with Crippen LogP contribution in [0.4, 0.5) is 0 Å². The second-order valence-electron chi connectivity index (χ2n) is 7.42. The normalized spacial score (nSPS) is 36.5. The van der Waals surface area contributed by atoms with Gasteiger partial charge in [0.15, 0.2) is 12.5 Å². The molecule has 0 spiro atoms. The molecule has 3 aliphatic rings. The van der Waals surface area contributed by atoms with E-state index in [2.05, 4.69) is 36.7 Å². The first-order valence-electron chi connectivity index (χ1n) is 8.12. The lowest BCUT2D eigenvalue weighted by Gasteiger charge is -2.32. The number of ether oxygens (including phenoxy) is 1. The summed E-state index contributed by atoms with van der Waals surface area (Å²) < 4.78 is 5.61. The van der Waals surface area contributed by atoms with Crippen LogP contribution in [-0.2, 0) is 9.53 Å². The van der Waals surface area contributed by atoms with Crippen molar-refractivity contribution in [1.29, 1.82) is 0 Å². The van der Waals surface area contributed by atoms with Gasteiger partial charge in [-0.05, 0) is 40.2 Å². The molecule has 6 heteroatoms. The van der Waals surface area contributed by atoms with E-state index in [1.165, 1.54) is 12.8 Å². The third kappa shape index (κ3) is 3.74. The highest BCUT2D eigenvalue weighted by Crippen LogP contribution is 2.25. The Hall–Kier alpha value is -0.690. The molecule has 4 unspecified atom stereocenters. The average Bonchev–Trinajstić information content (AvgIpc) is 2.80. The summed E-state index contributed by atoms with van der Waals surface area (Å²) in [5.41, 5.74) is -0.0935. The fraction of sp³-hybridized carbons (Fsp3) is 0.933. The molecule has 0 aromatic carbocycles. The summed E-state index contributed by atoms with van der Waals surface area (Å²) in [6.07, 6.45) is 3.26. The van der Waals surface area contributed by atoms with Crippen LogP contribution in [0.25, 0.3) is 0 Å². The van der Waals surface area contributed by atoms with Crippen molar-refractivity contribution >= 4 is 5.91 Å². The van der Waals surface area contributed by atoms with Gasteiger partial charge in [-0.3, -0.25) is 15.4 Å². The van der Waals surface area contributed by atoms with Gasteiger partial charge in [0.2, 0.25) is 5.91 Å². The van der Waals surface area contributed by atoms with Gasteiger partial charge in [0.05, 0.1) is 0 Å². The zero-order valence-electron chi connectivity index (χ0n) is 13.3. The Morgan fingerprint density at radius 3 is 2.81 bits per heavy atom. The van der Waals surface area contributed by atoms with E-state index in [1.54, 1.807) is 0 Å². The number of carbonyl (C=O) groups excluding carboxylic acids is 1. The molecule has 0 aliphatic carbocycles. The Morgan fingerprint density at radius 2 is 2.19 bits per heavy atom. The lowest BCUT2D eigenvalue weighted by molar-refractivity contribution is -0.131. The number of hydrogen-bond donors (Lipinski definition) is 3. The van der Waals surface area contributed by atoms with Gasteiger partial charge >= 0.3 is 0 Å². The number of nitrogens with zero attached hydrogens (tertiary/aromatic N) is 1. The molecule has 3 fully saturated rings. The quantitative estimate of drug-likeness (QED) is 0.623. The zero-order valence-corrected chi connectivity index (χ0v) is 13.3. The van der Waals surface area contributed by atoms with Crippen LogP contribution in [-0.4, -0.2) is 60.5 Å². The van der Waals surface area contributed by atoms with E-state index in [9.17, 15) is 4.79 Å². The maximum absolute atomic E-state index is 12.0. The van der Waals surface area contributed by atoms with Crippen LogP contribution in [0.5, 0.6) is 0 Å². The van der Waals surface area contributed by atoms with Crippen LogP contribution in [0, 0.1) is 0 Å². The standard InChI is InChI=1S/C15H28N4O2/c1-15(2,3)19-9-11(7-12(19)20)18-14-13(21-14)17-8-10-5-4-6-16-10/h10-11,13-14,16-18H,4-9H2,1-3H3. The van der Waals surface area contributed by atoms with E-state index in [0.29, 0.717) is 12.5 Å². The molecule has 0 saturated carbocycles. The van der Waals surface area contributed by atoms with E-state index in [4.69, 9.17) is 4.74 Å². The number of epoxide rings is 1. The predicted octanol–water partition coefficient (Wildman–Crippen LogP) is -0.000600. The second kappa shape index (κ2) is 5.83.